The van der Waals surface area contributed by atoms with Gasteiger partial charge in [-0.1, -0.05) is 0 Å². The number of carbonyl (C=O) groups excluding carboxylic acids is 1. The lowest BCUT2D eigenvalue weighted by Gasteiger charge is -2.27. The summed E-state index contributed by atoms with van der Waals surface area (Å²) in [6, 6.07) is 3.33. The fourth-order valence-corrected chi connectivity index (χ4v) is 2.15. The third-order valence-corrected chi connectivity index (χ3v) is 3.21. The van der Waals surface area contributed by atoms with Crippen LogP contribution in [0, 0.1) is 0 Å². The van der Waals surface area contributed by atoms with Gasteiger partial charge in [0, 0.05) is 18.7 Å². The molecule has 0 saturated carbocycles. The number of benzene rings is 1. The van der Waals surface area contributed by atoms with Crippen molar-refractivity contribution in [2.75, 3.05) is 47.6 Å². The summed E-state index contributed by atoms with van der Waals surface area (Å²) in [5.74, 6) is 1.37. The summed E-state index contributed by atoms with van der Waals surface area (Å²) in [6.07, 6.45) is 0. The number of morpholine rings is 1. The summed E-state index contributed by atoms with van der Waals surface area (Å²) in [6.45, 7) is 2.32. The molecule has 1 saturated heterocycles. The molecule has 1 amide bonds. The second-order valence-electron chi connectivity index (χ2n) is 4.32. The van der Waals surface area contributed by atoms with Crippen molar-refractivity contribution in [3.63, 3.8) is 0 Å². The lowest BCUT2D eigenvalue weighted by atomic mass is 10.1. The van der Waals surface area contributed by atoms with E-state index < -0.39 is 0 Å². The molecule has 1 aromatic carbocycles. The Labute approximate surface area is 130 Å². The van der Waals surface area contributed by atoms with E-state index in [1.807, 2.05) is 0 Å². The summed E-state index contributed by atoms with van der Waals surface area (Å²) in [5.41, 5.74) is 0.515. The number of carbonyl (C=O) groups is 1. The first-order valence-electron chi connectivity index (χ1n) is 6.38. The Morgan fingerprint density at radius 1 is 1.05 bits per heavy atom. The standard InChI is InChI=1S/C14H19NO5.ClH/c1-17-11-8-10(9-12(18-2)13(11)19-3)14(16)15-4-6-20-7-5-15;/h8-9H,4-7H2,1-3H3;1H. The zero-order chi connectivity index (χ0) is 14.5. The van der Waals surface area contributed by atoms with Crippen LogP contribution in [0.25, 0.3) is 0 Å². The molecule has 118 valence electrons. The molecule has 1 aromatic rings. The van der Waals surface area contributed by atoms with Crippen LogP contribution in [0.1, 0.15) is 10.4 Å². The van der Waals surface area contributed by atoms with Crippen LogP contribution in [0.3, 0.4) is 0 Å². The average molecular weight is 318 g/mol. The third-order valence-electron chi connectivity index (χ3n) is 3.21. The van der Waals surface area contributed by atoms with Gasteiger partial charge in [0.1, 0.15) is 0 Å². The number of methoxy groups -OCH3 is 3. The van der Waals surface area contributed by atoms with E-state index in [0.29, 0.717) is 49.1 Å². The Hall–Kier alpha value is -1.66. The molecule has 2 rings (SSSR count). The van der Waals surface area contributed by atoms with Gasteiger partial charge in [-0.25, -0.2) is 0 Å². The maximum absolute atomic E-state index is 12.5. The van der Waals surface area contributed by atoms with Crippen LogP contribution in [0.5, 0.6) is 17.2 Å². The molecule has 0 atom stereocenters. The van der Waals surface area contributed by atoms with E-state index in [9.17, 15) is 4.79 Å². The maximum Gasteiger partial charge on any atom is 0.254 e. The lowest BCUT2D eigenvalue weighted by Crippen LogP contribution is -2.40. The summed E-state index contributed by atoms with van der Waals surface area (Å²) in [5, 5.41) is 0. The van der Waals surface area contributed by atoms with Gasteiger partial charge in [0.25, 0.3) is 5.91 Å². The quantitative estimate of drug-likeness (QED) is 0.844. The summed E-state index contributed by atoms with van der Waals surface area (Å²) in [7, 11) is 4.59. The van der Waals surface area contributed by atoms with Gasteiger partial charge < -0.3 is 23.8 Å². The normalized spacial score (nSPS) is 14.1. The highest BCUT2D eigenvalue weighted by molar-refractivity contribution is 5.95. The fraction of sp³-hybridized carbons (Fsp3) is 0.500. The summed E-state index contributed by atoms with van der Waals surface area (Å²) in [4.78, 5) is 14.2. The average Bonchev–Trinajstić information content (AvgIpc) is 2.53. The second kappa shape index (κ2) is 7.95. The minimum absolute atomic E-state index is 0. The molecule has 6 nitrogen and oxygen atoms in total. The lowest BCUT2D eigenvalue weighted by molar-refractivity contribution is 0.0302. The summed E-state index contributed by atoms with van der Waals surface area (Å²) >= 11 is 0. The topological polar surface area (TPSA) is 57.2 Å². The Morgan fingerprint density at radius 3 is 2.00 bits per heavy atom. The summed E-state index contributed by atoms with van der Waals surface area (Å²) < 4.78 is 21.0. The first-order chi connectivity index (χ1) is 9.71. The van der Waals surface area contributed by atoms with Gasteiger partial charge in [-0.15, -0.1) is 12.4 Å². The Kier molecular flexibility index (Phi) is 6.58. The number of amides is 1. The van der Waals surface area contributed by atoms with Gasteiger partial charge in [-0.05, 0) is 12.1 Å². The molecule has 1 aliphatic rings. The highest BCUT2D eigenvalue weighted by Crippen LogP contribution is 2.38. The Morgan fingerprint density at radius 2 is 1.57 bits per heavy atom. The van der Waals surface area contributed by atoms with Crippen LogP contribution in [0.2, 0.25) is 0 Å². The highest BCUT2D eigenvalue weighted by atomic mass is 35.5. The maximum atomic E-state index is 12.5. The van der Waals surface area contributed by atoms with Crippen LogP contribution in [-0.4, -0.2) is 58.4 Å². The van der Waals surface area contributed by atoms with Crippen molar-refractivity contribution in [3.05, 3.63) is 17.7 Å². The first-order valence-corrected chi connectivity index (χ1v) is 6.38. The van der Waals surface area contributed by atoms with Crippen molar-refractivity contribution in [2.24, 2.45) is 0 Å². The van der Waals surface area contributed by atoms with Crippen molar-refractivity contribution >= 4 is 18.3 Å². The SMILES string of the molecule is COc1cc(C(=O)N2CCOCC2)cc(OC)c1OC.Cl. The molecule has 0 N–H and O–H groups in total. The molecular weight excluding hydrogens is 298 g/mol. The number of halogens is 1. The number of nitrogens with zero attached hydrogens (tertiary/aromatic N) is 1. The van der Waals surface area contributed by atoms with Gasteiger partial charge in [0.05, 0.1) is 34.5 Å². The third kappa shape index (κ3) is 3.71. The molecule has 1 aliphatic heterocycles. The van der Waals surface area contributed by atoms with E-state index in [0.717, 1.165) is 0 Å². The largest absolute Gasteiger partial charge is 0.493 e. The smallest absolute Gasteiger partial charge is 0.254 e. The molecule has 21 heavy (non-hydrogen) atoms. The molecule has 0 radical (unpaired) electrons. The minimum atomic E-state index is -0.0625. The molecule has 0 aromatic heterocycles. The van der Waals surface area contributed by atoms with E-state index in [4.69, 9.17) is 18.9 Å². The van der Waals surface area contributed by atoms with E-state index >= 15 is 0 Å². The van der Waals surface area contributed by atoms with Crippen molar-refractivity contribution in [2.45, 2.75) is 0 Å². The molecule has 0 unspecified atom stereocenters. The number of rotatable bonds is 4. The van der Waals surface area contributed by atoms with Crippen molar-refractivity contribution in [1.29, 1.82) is 0 Å². The first kappa shape index (κ1) is 17.4. The van der Waals surface area contributed by atoms with E-state index in [-0.39, 0.29) is 18.3 Å². The Bertz CT molecular complexity index is 463. The van der Waals surface area contributed by atoms with Gasteiger partial charge in [-0.3, -0.25) is 4.79 Å². The molecule has 0 bridgehead atoms. The number of hydrogen-bond donors (Lipinski definition) is 0. The molecule has 1 heterocycles. The molecular formula is C14H20ClNO5. The monoisotopic (exact) mass is 317 g/mol. The van der Waals surface area contributed by atoms with E-state index in [1.165, 1.54) is 21.3 Å². The van der Waals surface area contributed by atoms with Crippen LogP contribution < -0.4 is 14.2 Å². The highest BCUT2D eigenvalue weighted by Gasteiger charge is 2.22. The van der Waals surface area contributed by atoms with Gasteiger partial charge in [0.2, 0.25) is 5.75 Å². The zero-order valence-corrected chi connectivity index (χ0v) is 13.2. The van der Waals surface area contributed by atoms with E-state index in [1.54, 1.807) is 17.0 Å². The van der Waals surface area contributed by atoms with Crippen molar-refractivity contribution in [3.8, 4) is 17.2 Å². The van der Waals surface area contributed by atoms with Crippen molar-refractivity contribution in [1.82, 2.24) is 4.90 Å². The van der Waals surface area contributed by atoms with Gasteiger partial charge >= 0.3 is 0 Å². The molecule has 7 heteroatoms. The van der Waals surface area contributed by atoms with Gasteiger partial charge in [-0.2, -0.15) is 0 Å². The molecule has 0 spiro atoms. The predicted octanol–water partition coefficient (Wildman–Crippen LogP) is 1.61. The van der Waals surface area contributed by atoms with Crippen LogP contribution >= 0.6 is 12.4 Å². The fourth-order valence-electron chi connectivity index (χ4n) is 2.15. The number of hydrogen-bond acceptors (Lipinski definition) is 5. The second-order valence-corrected chi connectivity index (χ2v) is 4.32. The van der Waals surface area contributed by atoms with Crippen LogP contribution in [0.15, 0.2) is 12.1 Å². The minimum Gasteiger partial charge on any atom is -0.493 e. The van der Waals surface area contributed by atoms with E-state index in [2.05, 4.69) is 0 Å². The van der Waals surface area contributed by atoms with Crippen molar-refractivity contribution < 1.29 is 23.7 Å². The predicted molar refractivity (Wildman–Crippen MR) is 80.1 cm³/mol. The zero-order valence-electron chi connectivity index (χ0n) is 12.4. The van der Waals surface area contributed by atoms with Crippen LogP contribution in [0.4, 0.5) is 0 Å². The van der Waals surface area contributed by atoms with Gasteiger partial charge in [0.15, 0.2) is 11.5 Å². The Balaban J connectivity index is 0.00000220. The molecule has 1 fully saturated rings. The van der Waals surface area contributed by atoms with Crippen LogP contribution in [-0.2, 0) is 4.74 Å². The molecule has 0 aliphatic carbocycles. The number of ether oxygens (including phenoxy) is 4.